The minimum absolute atomic E-state index is 0.0599. The molecule has 3 amide bonds. The average molecular weight is 454 g/mol. The molecule has 0 aliphatic rings. The molecule has 0 bridgehead atoms. The van der Waals surface area contributed by atoms with Gasteiger partial charge >= 0.3 is 5.97 Å². The average Bonchev–Trinajstić information content (AvgIpc) is 2.76. The second-order valence-electron chi connectivity index (χ2n) is 6.94. The van der Waals surface area contributed by atoms with Crippen molar-refractivity contribution in [3.05, 3.63) is 35.9 Å². The number of carboxylic acids is 1. The van der Waals surface area contributed by atoms with Gasteiger partial charge < -0.3 is 32.5 Å². The molecule has 0 aromatic heterocycles. The summed E-state index contributed by atoms with van der Waals surface area (Å²) >= 11 is 4.10. The number of hydrogen-bond acceptors (Lipinski definition) is 7. The van der Waals surface area contributed by atoms with Crippen molar-refractivity contribution in [1.82, 2.24) is 16.0 Å². The number of thiol groups is 1. The smallest absolute Gasteiger partial charge is 0.326 e. The van der Waals surface area contributed by atoms with E-state index in [0.29, 0.717) is 19.4 Å². The molecular weight excluding hydrogens is 422 g/mol. The molecule has 0 aliphatic carbocycles. The number of carbonyl (C=O) groups excluding carboxylic acids is 3. The molecule has 1 rings (SSSR count). The molecule has 0 fully saturated rings. The zero-order valence-electron chi connectivity index (χ0n) is 17.3. The first-order valence-corrected chi connectivity index (χ1v) is 10.6. The Hall–Kier alpha value is -2.63. The van der Waals surface area contributed by atoms with E-state index in [-0.39, 0.29) is 25.1 Å². The van der Waals surface area contributed by atoms with Crippen LogP contribution in [0.2, 0.25) is 0 Å². The fraction of sp³-hybridized carbons (Fsp3) is 0.500. The summed E-state index contributed by atoms with van der Waals surface area (Å²) in [4.78, 5) is 48.5. The molecule has 1 aromatic carbocycles. The van der Waals surface area contributed by atoms with Gasteiger partial charge in [0.05, 0.1) is 6.54 Å². The SMILES string of the molecule is NCCCCC(NC(=O)C(CS)NC(=O)C(Cc1ccccc1)NC(=O)CN)C(=O)O. The van der Waals surface area contributed by atoms with Crippen LogP contribution < -0.4 is 27.4 Å². The first-order valence-electron chi connectivity index (χ1n) is 10.00. The van der Waals surface area contributed by atoms with E-state index in [4.69, 9.17) is 11.5 Å². The number of hydrogen-bond donors (Lipinski definition) is 7. The molecule has 0 spiro atoms. The maximum absolute atomic E-state index is 12.8. The van der Waals surface area contributed by atoms with Crippen LogP contribution in [0.5, 0.6) is 0 Å². The van der Waals surface area contributed by atoms with Gasteiger partial charge in [0.25, 0.3) is 0 Å². The number of carbonyl (C=O) groups is 4. The molecule has 0 saturated heterocycles. The number of benzene rings is 1. The number of aliphatic carboxylic acids is 1. The van der Waals surface area contributed by atoms with E-state index >= 15 is 0 Å². The van der Waals surface area contributed by atoms with Crippen LogP contribution in [0.3, 0.4) is 0 Å². The quantitative estimate of drug-likeness (QED) is 0.136. The highest BCUT2D eigenvalue weighted by molar-refractivity contribution is 7.80. The fourth-order valence-electron chi connectivity index (χ4n) is 2.80. The Morgan fingerprint density at radius 3 is 2.06 bits per heavy atom. The van der Waals surface area contributed by atoms with E-state index in [9.17, 15) is 24.3 Å². The summed E-state index contributed by atoms with van der Waals surface area (Å²) in [6, 6.07) is 5.88. The molecular formula is C20H31N5O5S. The van der Waals surface area contributed by atoms with Gasteiger partial charge in [0.1, 0.15) is 18.1 Å². The number of nitrogens with two attached hydrogens (primary N) is 2. The Morgan fingerprint density at radius 2 is 1.52 bits per heavy atom. The van der Waals surface area contributed by atoms with E-state index in [1.54, 1.807) is 24.3 Å². The van der Waals surface area contributed by atoms with E-state index < -0.39 is 41.8 Å². The molecule has 31 heavy (non-hydrogen) atoms. The highest BCUT2D eigenvalue weighted by Gasteiger charge is 2.28. The lowest BCUT2D eigenvalue weighted by atomic mass is 10.0. The topological polar surface area (TPSA) is 177 Å². The van der Waals surface area contributed by atoms with Gasteiger partial charge in [0.15, 0.2) is 0 Å². The molecule has 0 heterocycles. The van der Waals surface area contributed by atoms with Crippen LogP contribution >= 0.6 is 12.6 Å². The lowest BCUT2D eigenvalue weighted by molar-refractivity contribution is -0.142. The zero-order chi connectivity index (χ0) is 23.2. The van der Waals surface area contributed by atoms with Crippen LogP contribution in [0.25, 0.3) is 0 Å². The molecule has 3 unspecified atom stereocenters. The van der Waals surface area contributed by atoms with Crippen molar-refractivity contribution in [2.24, 2.45) is 11.5 Å². The Bertz CT molecular complexity index is 734. The van der Waals surface area contributed by atoms with Crippen molar-refractivity contribution in [2.75, 3.05) is 18.8 Å². The summed E-state index contributed by atoms with van der Waals surface area (Å²) in [7, 11) is 0. The van der Waals surface area contributed by atoms with E-state index in [1.807, 2.05) is 6.07 Å². The lowest BCUT2D eigenvalue weighted by Crippen LogP contribution is -2.57. The molecule has 172 valence electrons. The predicted octanol–water partition coefficient (Wildman–Crippen LogP) is -1.21. The van der Waals surface area contributed by atoms with Crippen molar-refractivity contribution >= 4 is 36.3 Å². The summed E-state index contributed by atoms with van der Waals surface area (Å²) < 4.78 is 0. The molecule has 3 atom stereocenters. The third kappa shape index (κ3) is 9.81. The Morgan fingerprint density at radius 1 is 0.903 bits per heavy atom. The number of carboxylic acid groups (broad SMARTS) is 1. The van der Waals surface area contributed by atoms with Crippen LogP contribution in [-0.4, -0.2) is 65.8 Å². The van der Waals surface area contributed by atoms with Crippen molar-refractivity contribution in [1.29, 1.82) is 0 Å². The summed E-state index contributed by atoms with van der Waals surface area (Å²) in [6.07, 6.45) is 1.58. The van der Waals surface area contributed by atoms with Crippen molar-refractivity contribution in [3.63, 3.8) is 0 Å². The Kier molecular flexibility index (Phi) is 12.3. The molecule has 0 saturated carbocycles. The van der Waals surface area contributed by atoms with Crippen LogP contribution in [0, 0.1) is 0 Å². The molecule has 1 aromatic rings. The van der Waals surface area contributed by atoms with Crippen LogP contribution in [0.15, 0.2) is 30.3 Å². The summed E-state index contributed by atoms with van der Waals surface area (Å²) in [5, 5.41) is 16.8. The summed E-state index contributed by atoms with van der Waals surface area (Å²) in [5.74, 6) is -3.03. The van der Waals surface area contributed by atoms with Gasteiger partial charge in [-0.1, -0.05) is 30.3 Å². The van der Waals surface area contributed by atoms with Crippen LogP contribution in [0.4, 0.5) is 0 Å². The van der Waals surface area contributed by atoms with Crippen molar-refractivity contribution < 1.29 is 24.3 Å². The van der Waals surface area contributed by atoms with Crippen LogP contribution in [0.1, 0.15) is 24.8 Å². The highest BCUT2D eigenvalue weighted by atomic mass is 32.1. The second kappa shape index (κ2) is 14.4. The lowest BCUT2D eigenvalue weighted by Gasteiger charge is -2.23. The van der Waals surface area contributed by atoms with Gasteiger partial charge in [-0.2, -0.15) is 12.6 Å². The molecule has 8 N–H and O–H groups in total. The number of nitrogens with one attached hydrogen (secondary N) is 3. The highest BCUT2D eigenvalue weighted by Crippen LogP contribution is 2.05. The largest absolute Gasteiger partial charge is 0.480 e. The minimum atomic E-state index is -1.17. The Labute approximate surface area is 186 Å². The molecule has 11 heteroatoms. The second-order valence-corrected chi connectivity index (χ2v) is 7.31. The van der Waals surface area contributed by atoms with Gasteiger partial charge in [0, 0.05) is 12.2 Å². The zero-order valence-corrected chi connectivity index (χ0v) is 18.1. The maximum atomic E-state index is 12.8. The molecule has 0 radical (unpaired) electrons. The van der Waals surface area contributed by atoms with Gasteiger partial charge in [-0.3, -0.25) is 14.4 Å². The molecule has 10 nitrogen and oxygen atoms in total. The van der Waals surface area contributed by atoms with Crippen LogP contribution in [-0.2, 0) is 25.6 Å². The van der Waals surface area contributed by atoms with Gasteiger partial charge in [-0.15, -0.1) is 0 Å². The number of rotatable bonds is 14. The summed E-state index contributed by atoms with van der Waals surface area (Å²) in [5.41, 5.74) is 11.6. The standard InChI is InChI=1S/C20H31N5O5S/c21-9-5-4-8-14(20(29)30)24-19(28)16(12-31)25-18(27)15(23-17(26)11-22)10-13-6-2-1-3-7-13/h1-3,6-7,14-16,31H,4-5,8-12,21-22H2,(H,23,26)(H,24,28)(H,25,27)(H,29,30). The molecule has 0 aliphatic heterocycles. The third-order valence-corrected chi connectivity index (χ3v) is 4.86. The van der Waals surface area contributed by atoms with Gasteiger partial charge in [-0.05, 0) is 31.4 Å². The minimum Gasteiger partial charge on any atom is -0.480 e. The van der Waals surface area contributed by atoms with Gasteiger partial charge in [-0.25, -0.2) is 4.79 Å². The van der Waals surface area contributed by atoms with Crippen molar-refractivity contribution in [3.8, 4) is 0 Å². The van der Waals surface area contributed by atoms with Crippen molar-refractivity contribution in [2.45, 2.75) is 43.8 Å². The van der Waals surface area contributed by atoms with Gasteiger partial charge in [0.2, 0.25) is 17.7 Å². The van der Waals surface area contributed by atoms with E-state index in [0.717, 1.165) is 5.56 Å². The summed E-state index contributed by atoms with van der Waals surface area (Å²) in [6.45, 7) is 0.130. The first-order chi connectivity index (χ1) is 14.8. The van der Waals surface area contributed by atoms with E-state index in [1.165, 1.54) is 0 Å². The predicted molar refractivity (Wildman–Crippen MR) is 119 cm³/mol. The number of unbranched alkanes of at least 4 members (excludes halogenated alkanes) is 1. The monoisotopic (exact) mass is 453 g/mol. The normalized spacial score (nSPS) is 13.5. The fourth-order valence-corrected chi connectivity index (χ4v) is 3.06. The van der Waals surface area contributed by atoms with E-state index in [2.05, 4.69) is 28.6 Å². The Balaban J connectivity index is 2.83. The number of amides is 3. The first kappa shape index (κ1) is 26.4. The third-order valence-electron chi connectivity index (χ3n) is 4.50. The maximum Gasteiger partial charge on any atom is 0.326 e.